The van der Waals surface area contributed by atoms with E-state index < -0.39 is 0 Å². The molecule has 2 nitrogen and oxygen atoms in total. The Morgan fingerprint density at radius 1 is 0.952 bits per heavy atom. The maximum atomic E-state index is 13.0. The van der Waals surface area contributed by atoms with Crippen molar-refractivity contribution in [2.75, 3.05) is 7.11 Å². The predicted molar refractivity (Wildman–Crippen MR) is 80.3 cm³/mol. The summed E-state index contributed by atoms with van der Waals surface area (Å²) in [6.45, 7) is 0. The second-order valence-corrected chi connectivity index (χ2v) is 4.70. The summed E-state index contributed by atoms with van der Waals surface area (Å²) in [4.78, 5) is 12.7. The molecular weight excluding hydrogens is 267 g/mol. The fraction of sp³-hybridized carbons (Fsp3) is 0.0556. The number of hydrogen-bond acceptors (Lipinski definition) is 2. The number of ketones is 1. The van der Waals surface area contributed by atoms with Crippen molar-refractivity contribution in [2.24, 2.45) is 0 Å². The van der Waals surface area contributed by atoms with Gasteiger partial charge >= 0.3 is 0 Å². The zero-order chi connectivity index (χ0) is 14.8. The summed E-state index contributed by atoms with van der Waals surface area (Å²) in [6.07, 6.45) is 0. The fourth-order valence-electron chi connectivity index (χ4n) is 2.40. The van der Waals surface area contributed by atoms with Gasteiger partial charge in [-0.05, 0) is 41.1 Å². The Balaban J connectivity index is 2.22. The highest BCUT2D eigenvalue weighted by Crippen LogP contribution is 2.30. The van der Waals surface area contributed by atoms with E-state index >= 15 is 0 Å². The van der Waals surface area contributed by atoms with Crippen LogP contribution in [0.5, 0.6) is 5.75 Å². The molecule has 0 aromatic heterocycles. The number of carbonyl (C=O) groups excluding carboxylic acids is 1. The summed E-state index contributed by atoms with van der Waals surface area (Å²) in [7, 11) is 1.53. The fourth-order valence-corrected chi connectivity index (χ4v) is 2.40. The van der Waals surface area contributed by atoms with Gasteiger partial charge in [0.1, 0.15) is 11.6 Å². The smallest absolute Gasteiger partial charge is 0.197 e. The number of halogens is 1. The lowest BCUT2D eigenvalue weighted by atomic mass is 9.96. The van der Waals surface area contributed by atoms with E-state index in [9.17, 15) is 9.18 Å². The van der Waals surface area contributed by atoms with E-state index in [-0.39, 0.29) is 11.6 Å². The first kappa shape index (κ1) is 13.3. The SMILES string of the molecule is COc1ccc2ccccc2c1C(=O)c1ccc(F)cc1. The van der Waals surface area contributed by atoms with E-state index in [4.69, 9.17) is 4.74 Å². The molecule has 3 heteroatoms. The molecule has 0 amide bonds. The largest absolute Gasteiger partial charge is 0.496 e. The Morgan fingerprint density at radius 2 is 1.67 bits per heavy atom. The summed E-state index contributed by atoms with van der Waals surface area (Å²) in [5.74, 6) is -0.0249. The highest BCUT2D eigenvalue weighted by molar-refractivity contribution is 6.18. The molecule has 0 aliphatic heterocycles. The van der Waals surface area contributed by atoms with Crippen molar-refractivity contribution in [1.82, 2.24) is 0 Å². The first-order chi connectivity index (χ1) is 10.2. The zero-order valence-corrected chi connectivity index (χ0v) is 11.5. The van der Waals surface area contributed by atoms with Gasteiger partial charge in [-0.2, -0.15) is 0 Å². The normalized spacial score (nSPS) is 10.6. The molecule has 0 spiro atoms. The number of carbonyl (C=O) groups is 1. The summed E-state index contributed by atoms with van der Waals surface area (Å²) in [5, 5.41) is 1.79. The Morgan fingerprint density at radius 3 is 2.38 bits per heavy atom. The van der Waals surface area contributed by atoms with Crippen LogP contribution in [0.25, 0.3) is 10.8 Å². The highest BCUT2D eigenvalue weighted by atomic mass is 19.1. The first-order valence-corrected chi connectivity index (χ1v) is 6.56. The van der Waals surface area contributed by atoms with E-state index in [2.05, 4.69) is 0 Å². The minimum Gasteiger partial charge on any atom is -0.496 e. The van der Waals surface area contributed by atoms with Gasteiger partial charge in [-0.15, -0.1) is 0 Å². The molecule has 0 bridgehead atoms. The summed E-state index contributed by atoms with van der Waals surface area (Å²) < 4.78 is 18.3. The lowest BCUT2D eigenvalue weighted by Gasteiger charge is -2.11. The summed E-state index contributed by atoms with van der Waals surface area (Å²) in [5.41, 5.74) is 0.938. The molecule has 104 valence electrons. The van der Waals surface area contributed by atoms with E-state index in [0.29, 0.717) is 16.9 Å². The second kappa shape index (κ2) is 5.37. The van der Waals surface area contributed by atoms with Gasteiger partial charge in [-0.1, -0.05) is 30.3 Å². The van der Waals surface area contributed by atoms with Crippen LogP contribution in [-0.4, -0.2) is 12.9 Å². The van der Waals surface area contributed by atoms with E-state index in [1.165, 1.54) is 31.4 Å². The number of rotatable bonds is 3. The zero-order valence-electron chi connectivity index (χ0n) is 11.5. The molecule has 0 atom stereocenters. The number of ether oxygens (including phenoxy) is 1. The number of methoxy groups -OCH3 is 1. The van der Waals surface area contributed by atoms with Crippen LogP contribution in [0.3, 0.4) is 0 Å². The molecule has 0 saturated heterocycles. The number of hydrogen-bond donors (Lipinski definition) is 0. The van der Waals surface area contributed by atoms with Crippen LogP contribution in [0.2, 0.25) is 0 Å². The van der Waals surface area contributed by atoms with Crippen molar-refractivity contribution in [2.45, 2.75) is 0 Å². The quantitative estimate of drug-likeness (QED) is 0.671. The molecule has 0 saturated carbocycles. The van der Waals surface area contributed by atoms with Gasteiger partial charge < -0.3 is 4.74 Å². The van der Waals surface area contributed by atoms with Crippen LogP contribution >= 0.6 is 0 Å². The van der Waals surface area contributed by atoms with Crippen molar-refractivity contribution >= 4 is 16.6 Å². The number of benzene rings is 3. The van der Waals surface area contributed by atoms with Crippen LogP contribution in [0, 0.1) is 5.82 Å². The standard InChI is InChI=1S/C18H13FO2/c1-21-16-11-8-12-4-2-3-5-15(12)17(16)18(20)13-6-9-14(19)10-7-13/h2-11H,1H3. The van der Waals surface area contributed by atoms with Crippen molar-refractivity contribution in [3.05, 3.63) is 77.6 Å². The first-order valence-electron chi connectivity index (χ1n) is 6.56. The van der Waals surface area contributed by atoms with Crippen LogP contribution < -0.4 is 4.74 Å². The lowest BCUT2D eigenvalue weighted by molar-refractivity contribution is 0.103. The Hall–Kier alpha value is -2.68. The maximum Gasteiger partial charge on any atom is 0.197 e. The van der Waals surface area contributed by atoms with Crippen molar-refractivity contribution in [3.8, 4) is 5.75 Å². The summed E-state index contributed by atoms with van der Waals surface area (Å²) in [6, 6.07) is 16.8. The van der Waals surface area contributed by atoms with Crippen LogP contribution in [-0.2, 0) is 0 Å². The third-order valence-corrected chi connectivity index (χ3v) is 3.44. The molecule has 3 aromatic rings. The molecule has 0 aliphatic carbocycles. The summed E-state index contributed by atoms with van der Waals surface area (Å²) >= 11 is 0. The molecule has 0 aliphatic rings. The van der Waals surface area contributed by atoms with Crippen LogP contribution in [0.4, 0.5) is 4.39 Å². The molecular formula is C18H13FO2. The lowest BCUT2D eigenvalue weighted by Crippen LogP contribution is -2.05. The maximum absolute atomic E-state index is 13.0. The van der Waals surface area contributed by atoms with E-state index in [0.717, 1.165) is 10.8 Å². The third-order valence-electron chi connectivity index (χ3n) is 3.44. The third kappa shape index (κ3) is 2.38. The average molecular weight is 280 g/mol. The van der Waals surface area contributed by atoms with Gasteiger partial charge in [-0.3, -0.25) is 4.79 Å². The van der Waals surface area contributed by atoms with Crippen LogP contribution in [0.15, 0.2) is 60.7 Å². The minimum absolute atomic E-state index is 0.177. The van der Waals surface area contributed by atoms with Gasteiger partial charge in [0.25, 0.3) is 0 Å². The molecule has 0 N–H and O–H groups in total. The second-order valence-electron chi connectivity index (χ2n) is 4.70. The molecule has 3 rings (SSSR count). The minimum atomic E-state index is -0.364. The monoisotopic (exact) mass is 280 g/mol. The molecule has 21 heavy (non-hydrogen) atoms. The van der Waals surface area contributed by atoms with Crippen LogP contribution in [0.1, 0.15) is 15.9 Å². The van der Waals surface area contributed by atoms with Gasteiger partial charge in [0.05, 0.1) is 12.7 Å². The average Bonchev–Trinajstić information content (AvgIpc) is 2.53. The highest BCUT2D eigenvalue weighted by Gasteiger charge is 2.17. The Labute approximate surface area is 121 Å². The topological polar surface area (TPSA) is 26.3 Å². The van der Waals surface area contributed by atoms with Crippen molar-refractivity contribution in [3.63, 3.8) is 0 Å². The predicted octanol–water partition coefficient (Wildman–Crippen LogP) is 4.22. The van der Waals surface area contributed by atoms with Gasteiger partial charge in [0.2, 0.25) is 0 Å². The molecule has 3 aromatic carbocycles. The van der Waals surface area contributed by atoms with E-state index in [1.54, 1.807) is 6.07 Å². The Bertz CT molecular complexity index is 807. The van der Waals surface area contributed by atoms with E-state index in [1.807, 2.05) is 30.3 Å². The van der Waals surface area contributed by atoms with Gasteiger partial charge in [-0.25, -0.2) is 4.39 Å². The Kier molecular flexibility index (Phi) is 3.40. The molecule has 0 radical (unpaired) electrons. The molecule has 0 heterocycles. The van der Waals surface area contributed by atoms with Crippen molar-refractivity contribution in [1.29, 1.82) is 0 Å². The molecule has 0 unspecified atom stereocenters. The van der Waals surface area contributed by atoms with Gasteiger partial charge in [0.15, 0.2) is 5.78 Å². The molecule has 0 fully saturated rings. The van der Waals surface area contributed by atoms with Crippen molar-refractivity contribution < 1.29 is 13.9 Å². The van der Waals surface area contributed by atoms with Gasteiger partial charge in [0, 0.05) is 5.56 Å². The number of fused-ring (bicyclic) bond motifs is 1.